The highest BCUT2D eigenvalue weighted by atomic mass is 79.9. The molecule has 1 fully saturated rings. The number of fused-ring (bicyclic) bond motifs is 1. The molecule has 3 aromatic rings. The van der Waals surface area contributed by atoms with Crippen molar-refractivity contribution in [2.45, 2.75) is 11.4 Å². The van der Waals surface area contributed by atoms with Gasteiger partial charge in [0, 0.05) is 48.8 Å². The molecule has 1 aliphatic rings. The van der Waals surface area contributed by atoms with Crippen LogP contribution in [0.25, 0.3) is 10.9 Å². The smallest absolute Gasteiger partial charge is 0.268 e. The lowest BCUT2D eigenvalue weighted by Gasteiger charge is -2.32. The zero-order valence-electron chi connectivity index (χ0n) is 16.5. The number of ether oxygens (including phenoxy) is 1. The highest BCUT2D eigenvalue weighted by Gasteiger charge is 2.23. The highest BCUT2D eigenvalue weighted by molar-refractivity contribution is 9.10. The van der Waals surface area contributed by atoms with Crippen LogP contribution in [0.15, 0.2) is 58.0 Å². The molecule has 4 rings (SSSR count). The summed E-state index contributed by atoms with van der Waals surface area (Å²) < 4.78 is 34.3. The van der Waals surface area contributed by atoms with E-state index < -0.39 is 10.0 Å². The van der Waals surface area contributed by atoms with E-state index in [1.165, 1.54) is 3.97 Å². The Morgan fingerprint density at radius 1 is 1.03 bits per heavy atom. The van der Waals surface area contributed by atoms with Gasteiger partial charge in [0.05, 0.1) is 17.5 Å². The molecule has 0 unspecified atom stereocenters. The average molecular weight is 478 g/mol. The molecule has 0 atom stereocenters. The van der Waals surface area contributed by atoms with Crippen LogP contribution in [0.4, 0.5) is 0 Å². The van der Waals surface area contributed by atoms with Crippen LogP contribution in [0, 0.1) is 0 Å². The summed E-state index contributed by atoms with van der Waals surface area (Å²) in [6, 6.07) is 12.3. The number of rotatable bonds is 5. The fraction of sp³-hybridized carbons (Fsp3) is 0.333. The number of methoxy groups -OCH3 is 1. The van der Waals surface area contributed by atoms with E-state index >= 15 is 0 Å². The number of piperazine rings is 1. The van der Waals surface area contributed by atoms with Gasteiger partial charge in [0.1, 0.15) is 5.75 Å². The van der Waals surface area contributed by atoms with Crippen molar-refractivity contribution in [2.75, 3.05) is 40.3 Å². The van der Waals surface area contributed by atoms with Crippen LogP contribution in [0.2, 0.25) is 0 Å². The Bertz CT molecular complexity index is 1120. The van der Waals surface area contributed by atoms with E-state index in [1.54, 1.807) is 43.6 Å². The third kappa shape index (κ3) is 4.07. The van der Waals surface area contributed by atoms with Gasteiger partial charge in [-0.25, -0.2) is 12.4 Å². The molecule has 0 aliphatic carbocycles. The Morgan fingerprint density at radius 3 is 2.38 bits per heavy atom. The van der Waals surface area contributed by atoms with Crippen molar-refractivity contribution >= 4 is 36.9 Å². The van der Waals surface area contributed by atoms with Gasteiger partial charge in [-0.15, -0.1) is 0 Å². The van der Waals surface area contributed by atoms with Crippen LogP contribution in [-0.2, 0) is 16.6 Å². The summed E-state index contributed by atoms with van der Waals surface area (Å²) in [5.41, 5.74) is 1.65. The summed E-state index contributed by atoms with van der Waals surface area (Å²) in [5.74, 6) is 0.718. The molecule has 8 heteroatoms. The van der Waals surface area contributed by atoms with Gasteiger partial charge < -0.3 is 9.64 Å². The second kappa shape index (κ2) is 8.10. The minimum absolute atomic E-state index is 0.263. The fourth-order valence-corrected chi connectivity index (χ4v) is 5.32. The molecule has 0 saturated carbocycles. The molecule has 0 spiro atoms. The first-order valence-corrected chi connectivity index (χ1v) is 11.7. The Kier molecular flexibility index (Phi) is 5.70. The minimum atomic E-state index is -3.70. The molecule has 6 nitrogen and oxygen atoms in total. The van der Waals surface area contributed by atoms with Gasteiger partial charge in [-0.05, 0) is 55.1 Å². The topological polar surface area (TPSA) is 54.8 Å². The first-order valence-electron chi connectivity index (χ1n) is 9.48. The normalized spacial score (nSPS) is 16.4. The molecule has 0 N–H and O–H groups in total. The van der Waals surface area contributed by atoms with E-state index in [4.69, 9.17) is 4.74 Å². The zero-order valence-corrected chi connectivity index (χ0v) is 18.9. The van der Waals surface area contributed by atoms with Crippen molar-refractivity contribution in [1.29, 1.82) is 0 Å². The van der Waals surface area contributed by atoms with Crippen molar-refractivity contribution in [3.8, 4) is 5.75 Å². The molecule has 154 valence electrons. The lowest BCUT2D eigenvalue weighted by Crippen LogP contribution is -2.43. The van der Waals surface area contributed by atoms with Crippen molar-refractivity contribution in [3.05, 3.63) is 58.7 Å². The monoisotopic (exact) mass is 477 g/mol. The van der Waals surface area contributed by atoms with E-state index in [0.717, 1.165) is 47.4 Å². The summed E-state index contributed by atoms with van der Waals surface area (Å²) in [6.07, 6.45) is 1.76. The van der Waals surface area contributed by atoms with Gasteiger partial charge in [0.15, 0.2) is 0 Å². The standard InChI is InChI=1S/C21H24BrN3O3S/c1-23-9-11-24(12-10-23)14-16-15-25(21-8-5-18(28-2)13-20(16)21)29(26,27)19-6-3-17(22)4-7-19/h3-8,13,15H,9-12,14H2,1-2H3. The van der Waals surface area contributed by atoms with E-state index in [1.807, 2.05) is 12.1 Å². The van der Waals surface area contributed by atoms with Gasteiger partial charge in [-0.3, -0.25) is 4.90 Å². The molecule has 0 radical (unpaired) electrons. The van der Waals surface area contributed by atoms with Crippen LogP contribution in [0.5, 0.6) is 5.75 Å². The predicted molar refractivity (Wildman–Crippen MR) is 118 cm³/mol. The second-order valence-electron chi connectivity index (χ2n) is 7.37. The van der Waals surface area contributed by atoms with Gasteiger partial charge in [0.2, 0.25) is 0 Å². The number of hydrogen-bond donors (Lipinski definition) is 0. The second-order valence-corrected chi connectivity index (χ2v) is 10.1. The molecule has 2 heterocycles. The molecule has 29 heavy (non-hydrogen) atoms. The van der Waals surface area contributed by atoms with E-state index in [-0.39, 0.29) is 4.90 Å². The van der Waals surface area contributed by atoms with Crippen LogP contribution in [0.3, 0.4) is 0 Å². The summed E-state index contributed by atoms with van der Waals surface area (Å²) in [6.45, 7) is 4.66. The lowest BCUT2D eigenvalue weighted by atomic mass is 10.1. The Labute approximate surface area is 179 Å². The maximum Gasteiger partial charge on any atom is 0.268 e. The number of benzene rings is 2. The Morgan fingerprint density at radius 2 is 1.72 bits per heavy atom. The van der Waals surface area contributed by atoms with Crippen molar-refractivity contribution in [1.82, 2.24) is 13.8 Å². The maximum absolute atomic E-state index is 13.4. The molecule has 1 aliphatic heterocycles. The van der Waals surface area contributed by atoms with Gasteiger partial charge in [0.25, 0.3) is 10.0 Å². The first kappa shape index (κ1) is 20.4. The highest BCUT2D eigenvalue weighted by Crippen LogP contribution is 2.30. The lowest BCUT2D eigenvalue weighted by molar-refractivity contribution is 0.148. The average Bonchev–Trinajstić information content (AvgIpc) is 3.08. The molecular formula is C21H24BrN3O3S. The van der Waals surface area contributed by atoms with Gasteiger partial charge >= 0.3 is 0 Å². The SMILES string of the molecule is COc1ccc2c(c1)c(CN1CCN(C)CC1)cn2S(=O)(=O)c1ccc(Br)cc1. The van der Waals surface area contributed by atoms with Crippen molar-refractivity contribution in [3.63, 3.8) is 0 Å². The number of nitrogens with zero attached hydrogens (tertiary/aromatic N) is 3. The summed E-state index contributed by atoms with van der Waals surface area (Å²) >= 11 is 3.36. The fourth-order valence-electron chi connectivity index (χ4n) is 3.66. The number of likely N-dealkylation sites (N-methyl/N-ethyl adjacent to an activating group) is 1. The van der Waals surface area contributed by atoms with Crippen LogP contribution < -0.4 is 4.74 Å². The summed E-state index contributed by atoms with van der Waals surface area (Å²) in [5, 5.41) is 0.906. The Hall–Kier alpha value is -1.87. The molecular weight excluding hydrogens is 454 g/mol. The molecule has 0 amide bonds. The quantitative estimate of drug-likeness (QED) is 0.563. The number of aromatic nitrogens is 1. The van der Waals surface area contributed by atoms with E-state index in [0.29, 0.717) is 12.1 Å². The van der Waals surface area contributed by atoms with Crippen LogP contribution >= 0.6 is 15.9 Å². The van der Waals surface area contributed by atoms with Crippen molar-refractivity contribution in [2.24, 2.45) is 0 Å². The minimum Gasteiger partial charge on any atom is -0.497 e. The third-order valence-corrected chi connectivity index (χ3v) is 7.64. The first-order chi connectivity index (χ1) is 13.9. The maximum atomic E-state index is 13.4. The van der Waals surface area contributed by atoms with E-state index in [9.17, 15) is 8.42 Å². The molecule has 1 aromatic heterocycles. The predicted octanol–water partition coefficient (Wildman–Crippen LogP) is 3.40. The third-order valence-electron chi connectivity index (χ3n) is 5.42. The summed E-state index contributed by atoms with van der Waals surface area (Å²) in [7, 11) is 0.0434. The van der Waals surface area contributed by atoms with Crippen LogP contribution in [0.1, 0.15) is 5.56 Å². The van der Waals surface area contributed by atoms with Crippen molar-refractivity contribution < 1.29 is 13.2 Å². The Balaban J connectivity index is 1.79. The van der Waals surface area contributed by atoms with E-state index in [2.05, 4.69) is 32.8 Å². The largest absolute Gasteiger partial charge is 0.497 e. The van der Waals surface area contributed by atoms with Gasteiger partial charge in [-0.2, -0.15) is 0 Å². The van der Waals surface area contributed by atoms with Gasteiger partial charge in [-0.1, -0.05) is 15.9 Å². The number of halogens is 1. The molecule has 0 bridgehead atoms. The zero-order chi connectivity index (χ0) is 20.6. The molecule has 1 saturated heterocycles. The number of hydrogen-bond acceptors (Lipinski definition) is 5. The van der Waals surface area contributed by atoms with Crippen LogP contribution in [-0.4, -0.2) is 62.5 Å². The molecule has 2 aromatic carbocycles. The summed E-state index contributed by atoms with van der Waals surface area (Å²) in [4.78, 5) is 4.94.